The van der Waals surface area contributed by atoms with Crippen LogP contribution in [-0.2, 0) is 4.79 Å². The Hall–Kier alpha value is -0.650. The van der Waals surface area contributed by atoms with Crippen LogP contribution >= 0.6 is 23.5 Å². The van der Waals surface area contributed by atoms with Crippen molar-refractivity contribution in [2.24, 2.45) is 5.73 Å². The van der Waals surface area contributed by atoms with E-state index >= 15 is 0 Å². The minimum atomic E-state index is 0.191. The predicted octanol–water partition coefficient (Wildman–Crippen LogP) is 1.82. The molecule has 0 saturated heterocycles. The fourth-order valence-corrected chi connectivity index (χ4v) is 3.39. The van der Waals surface area contributed by atoms with Gasteiger partial charge in [0, 0.05) is 29.5 Å². The molecule has 1 heterocycles. The van der Waals surface area contributed by atoms with Crippen LogP contribution in [0.3, 0.4) is 0 Å². The van der Waals surface area contributed by atoms with Crippen LogP contribution in [0.2, 0.25) is 0 Å². The third kappa shape index (κ3) is 3.18. The zero-order valence-corrected chi connectivity index (χ0v) is 11.2. The lowest BCUT2D eigenvalue weighted by Gasteiger charge is -2.28. The molecule has 2 N–H and O–H groups in total. The van der Waals surface area contributed by atoms with Crippen LogP contribution in [0.1, 0.15) is 0 Å². The van der Waals surface area contributed by atoms with Crippen LogP contribution in [0.25, 0.3) is 0 Å². The maximum Gasteiger partial charge on any atom is 0.237 e. The van der Waals surface area contributed by atoms with Crippen molar-refractivity contribution in [3.05, 3.63) is 24.3 Å². The van der Waals surface area contributed by atoms with Crippen LogP contribution in [0, 0.1) is 0 Å². The summed E-state index contributed by atoms with van der Waals surface area (Å²) in [6.45, 7) is 1.44. The predicted molar refractivity (Wildman–Crippen MR) is 75.9 cm³/mol. The number of hydrogen-bond donors (Lipinski definition) is 1. The van der Waals surface area contributed by atoms with Gasteiger partial charge in [-0.1, -0.05) is 12.1 Å². The zero-order chi connectivity index (χ0) is 12.1. The Morgan fingerprint density at radius 1 is 1.47 bits per heavy atom. The van der Waals surface area contributed by atoms with Gasteiger partial charge in [-0.3, -0.25) is 4.79 Å². The van der Waals surface area contributed by atoms with Crippen LogP contribution < -0.4 is 10.6 Å². The van der Waals surface area contributed by atoms with Crippen molar-refractivity contribution < 1.29 is 4.79 Å². The lowest BCUT2D eigenvalue weighted by atomic mass is 10.3. The second kappa shape index (κ2) is 6.33. The number of para-hydroxylation sites is 1. The molecular weight excluding hydrogens is 252 g/mol. The molecule has 1 amide bonds. The van der Waals surface area contributed by atoms with Crippen molar-refractivity contribution in [2.75, 3.05) is 35.2 Å². The van der Waals surface area contributed by atoms with E-state index in [1.54, 1.807) is 11.8 Å². The van der Waals surface area contributed by atoms with Gasteiger partial charge in [0.25, 0.3) is 0 Å². The van der Waals surface area contributed by atoms with E-state index in [0.717, 1.165) is 23.7 Å². The molecule has 0 bridgehead atoms. The lowest BCUT2D eigenvalue weighted by molar-refractivity contribution is -0.116. The van der Waals surface area contributed by atoms with Gasteiger partial charge >= 0.3 is 0 Å². The zero-order valence-electron chi connectivity index (χ0n) is 9.59. The molecule has 1 aromatic rings. The molecule has 0 fully saturated rings. The third-order valence-corrected chi connectivity index (χ3v) is 4.54. The number of hydrogen-bond acceptors (Lipinski definition) is 4. The van der Waals surface area contributed by atoms with E-state index in [9.17, 15) is 4.79 Å². The summed E-state index contributed by atoms with van der Waals surface area (Å²) >= 11 is 3.42. The van der Waals surface area contributed by atoms with Gasteiger partial charge < -0.3 is 10.6 Å². The summed E-state index contributed by atoms with van der Waals surface area (Å²) in [5.74, 6) is 2.53. The van der Waals surface area contributed by atoms with E-state index in [4.69, 9.17) is 5.73 Å². The fraction of sp³-hybridized carbons (Fsp3) is 0.417. The molecule has 0 saturated carbocycles. The number of fused-ring (bicyclic) bond motifs is 1. The Balaban J connectivity index is 2.05. The molecule has 0 aliphatic carbocycles. The molecule has 17 heavy (non-hydrogen) atoms. The number of carbonyl (C=O) groups excluding carboxylic acids is 1. The standard InChI is InChI=1S/C12H16N2OS2/c13-5-7-16-9-12(15)14-6-8-17-11-4-2-1-3-10(11)14/h1-4H,5-9,13H2. The van der Waals surface area contributed by atoms with Crippen LogP contribution in [0.15, 0.2) is 29.2 Å². The molecule has 2 rings (SSSR count). The smallest absolute Gasteiger partial charge is 0.237 e. The van der Waals surface area contributed by atoms with Gasteiger partial charge in [0.15, 0.2) is 0 Å². The molecule has 0 aromatic heterocycles. The number of anilines is 1. The van der Waals surface area contributed by atoms with E-state index in [1.165, 1.54) is 4.90 Å². The first-order valence-corrected chi connectivity index (χ1v) is 7.77. The minimum Gasteiger partial charge on any atom is -0.330 e. The Labute approximate surface area is 110 Å². The summed E-state index contributed by atoms with van der Waals surface area (Å²) in [6.07, 6.45) is 0. The van der Waals surface area contributed by atoms with Crippen molar-refractivity contribution in [2.45, 2.75) is 4.90 Å². The molecule has 0 spiro atoms. The molecule has 3 nitrogen and oxygen atoms in total. The number of benzene rings is 1. The number of amides is 1. The van der Waals surface area contributed by atoms with E-state index in [0.29, 0.717) is 12.3 Å². The number of nitrogens with zero attached hydrogens (tertiary/aromatic N) is 1. The molecular formula is C12H16N2OS2. The summed E-state index contributed by atoms with van der Waals surface area (Å²) in [4.78, 5) is 15.2. The van der Waals surface area contributed by atoms with Crippen LogP contribution in [0.4, 0.5) is 5.69 Å². The summed E-state index contributed by atoms with van der Waals surface area (Å²) in [5.41, 5.74) is 6.48. The van der Waals surface area contributed by atoms with E-state index < -0.39 is 0 Å². The molecule has 5 heteroatoms. The average Bonchev–Trinajstić information content (AvgIpc) is 2.38. The van der Waals surface area contributed by atoms with Gasteiger partial charge in [-0.05, 0) is 12.1 Å². The van der Waals surface area contributed by atoms with Gasteiger partial charge in [-0.2, -0.15) is 11.8 Å². The highest BCUT2D eigenvalue weighted by Crippen LogP contribution is 2.34. The van der Waals surface area contributed by atoms with Gasteiger partial charge in [0.2, 0.25) is 5.91 Å². The van der Waals surface area contributed by atoms with Gasteiger partial charge in [-0.15, -0.1) is 11.8 Å². The third-order valence-electron chi connectivity index (χ3n) is 2.52. The first kappa shape index (κ1) is 12.8. The lowest BCUT2D eigenvalue weighted by Crippen LogP contribution is -2.36. The molecule has 0 atom stereocenters. The summed E-state index contributed by atoms with van der Waals surface area (Å²) in [7, 11) is 0. The summed E-state index contributed by atoms with van der Waals surface area (Å²) in [5, 5.41) is 0. The number of rotatable bonds is 4. The SMILES string of the molecule is NCCSCC(=O)N1CCSc2ccccc21. The molecule has 0 unspecified atom stereocenters. The number of carbonyl (C=O) groups is 1. The first-order chi connectivity index (χ1) is 8.33. The summed E-state index contributed by atoms with van der Waals surface area (Å²) < 4.78 is 0. The first-order valence-electron chi connectivity index (χ1n) is 5.63. The Bertz CT molecular complexity index is 398. The van der Waals surface area contributed by atoms with Gasteiger partial charge in [0.05, 0.1) is 11.4 Å². The Morgan fingerprint density at radius 3 is 3.12 bits per heavy atom. The van der Waals surface area contributed by atoms with Crippen LogP contribution in [0.5, 0.6) is 0 Å². The maximum absolute atomic E-state index is 12.1. The molecule has 1 aliphatic rings. The minimum absolute atomic E-state index is 0.191. The largest absolute Gasteiger partial charge is 0.330 e. The quantitative estimate of drug-likeness (QED) is 0.846. The van der Waals surface area contributed by atoms with E-state index in [-0.39, 0.29) is 5.91 Å². The maximum atomic E-state index is 12.1. The number of nitrogens with two attached hydrogens (primary N) is 1. The Morgan fingerprint density at radius 2 is 2.29 bits per heavy atom. The van der Waals surface area contributed by atoms with Crippen molar-refractivity contribution in [1.29, 1.82) is 0 Å². The second-order valence-corrected chi connectivity index (χ2v) is 5.94. The molecule has 1 aliphatic heterocycles. The molecule has 92 valence electrons. The van der Waals surface area contributed by atoms with Gasteiger partial charge in [0.1, 0.15) is 0 Å². The van der Waals surface area contributed by atoms with Crippen molar-refractivity contribution in [3.8, 4) is 0 Å². The normalized spacial score (nSPS) is 14.5. The van der Waals surface area contributed by atoms with Crippen molar-refractivity contribution in [3.63, 3.8) is 0 Å². The molecule has 0 radical (unpaired) electrons. The second-order valence-electron chi connectivity index (χ2n) is 3.70. The van der Waals surface area contributed by atoms with Crippen molar-refractivity contribution >= 4 is 35.1 Å². The van der Waals surface area contributed by atoms with Crippen molar-refractivity contribution in [1.82, 2.24) is 0 Å². The number of thioether (sulfide) groups is 2. The van der Waals surface area contributed by atoms with E-state index in [2.05, 4.69) is 6.07 Å². The highest BCUT2D eigenvalue weighted by molar-refractivity contribution is 8.00. The Kier molecular flexibility index (Phi) is 4.76. The highest BCUT2D eigenvalue weighted by atomic mass is 32.2. The monoisotopic (exact) mass is 268 g/mol. The molecule has 1 aromatic carbocycles. The summed E-state index contributed by atoms with van der Waals surface area (Å²) in [6, 6.07) is 8.10. The fourth-order valence-electron chi connectivity index (χ4n) is 1.75. The average molecular weight is 268 g/mol. The topological polar surface area (TPSA) is 46.3 Å². The van der Waals surface area contributed by atoms with Crippen LogP contribution in [-0.4, -0.2) is 36.3 Å². The highest BCUT2D eigenvalue weighted by Gasteiger charge is 2.21. The van der Waals surface area contributed by atoms with Gasteiger partial charge in [-0.25, -0.2) is 0 Å². The van der Waals surface area contributed by atoms with E-state index in [1.807, 2.05) is 34.9 Å².